The standard InChI is InChI=1S/C19H19N3O4/c1-13(14-5-3-2-4-6-14)21-12-15(11-18(21)23)19(24)20-16-7-9-17(10-8-16)22(25)26/h2-10,13,15H,11-12H2,1H3,(H,20,24)/t13-,15-/m1/s1. The van der Waals surface area contributed by atoms with Gasteiger partial charge in [0.2, 0.25) is 11.8 Å². The maximum absolute atomic E-state index is 12.5. The van der Waals surface area contributed by atoms with Gasteiger partial charge in [-0.2, -0.15) is 0 Å². The van der Waals surface area contributed by atoms with Gasteiger partial charge in [0.15, 0.2) is 0 Å². The molecule has 26 heavy (non-hydrogen) atoms. The van der Waals surface area contributed by atoms with Crippen LogP contribution >= 0.6 is 0 Å². The van der Waals surface area contributed by atoms with Gasteiger partial charge in [0.25, 0.3) is 5.69 Å². The summed E-state index contributed by atoms with van der Waals surface area (Å²) >= 11 is 0. The van der Waals surface area contributed by atoms with Crippen molar-refractivity contribution in [3.05, 3.63) is 70.3 Å². The fraction of sp³-hybridized carbons (Fsp3) is 0.263. The maximum atomic E-state index is 12.5. The largest absolute Gasteiger partial charge is 0.335 e. The molecule has 1 saturated heterocycles. The highest BCUT2D eigenvalue weighted by atomic mass is 16.6. The van der Waals surface area contributed by atoms with Crippen LogP contribution in [0.25, 0.3) is 0 Å². The number of nitrogens with one attached hydrogen (secondary N) is 1. The molecule has 0 spiro atoms. The van der Waals surface area contributed by atoms with Crippen molar-refractivity contribution in [3.8, 4) is 0 Å². The first-order chi connectivity index (χ1) is 12.5. The van der Waals surface area contributed by atoms with Gasteiger partial charge in [-0.15, -0.1) is 0 Å². The first kappa shape index (κ1) is 17.6. The molecule has 2 amide bonds. The molecule has 2 aromatic rings. The number of nitro benzene ring substituents is 1. The van der Waals surface area contributed by atoms with E-state index < -0.39 is 10.8 Å². The van der Waals surface area contributed by atoms with Crippen LogP contribution in [0.3, 0.4) is 0 Å². The van der Waals surface area contributed by atoms with Gasteiger partial charge in [-0.25, -0.2) is 0 Å². The fourth-order valence-electron chi connectivity index (χ4n) is 3.10. The van der Waals surface area contributed by atoms with Crippen molar-refractivity contribution in [1.29, 1.82) is 0 Å². The van der Waals surface area contributed by atoms with E-state index in [1.54, 1.807) is 4.90 Å². The predicted molar refractivity (Wildman–Crippen MR) is 96.4 cm³/mol. The van der Waals surface area contributed by atoms with Crippen LogP contribution in [0.5, 0.6) is 0 Å². The maximum Gasteiger partial charge on any atom is 0.269 e. The summed E-state index contributed by atoms with van der Waals surface area (Å²) < 4.78 is 0. The van der Waals surface area contributed by atoms with Gasteiger partial charge in [-0.3, -0.25) is 19.7 Å². The van der Waals surface area contributed by atoms with Crippen molar-refractivity contribution in [2.45, 2.75) is 19.4 Å². The van der Waals surface area contributed by atoms with Crippen LogP contribution in [-0.4, -0.2) is 28.2 Å². The molecule has 1 fully saturated rings. The van der Waals surface area contributed by atoms with E-state index in [-0.39, 0.29) is 30.0 Å². The lowest BCUT2D eigenvalue weighted by atomic mass is 10.1. The van der Waals surface area contributed by atoms with E-state index in [2.05, 4.69) is 5.32 Å². The van der Waals surface area contributed by atoms with Crippen LogP contribution in [0.1, 0.15) is 24.9 Å². The predicted octanol–water partition coefficient (Wildman–Crippen LogP) is 3.14. The third-order valence-corrected chi connectivity index (χ3v) is 4.62. The van der Waals surface area contributed by atoms with E-state index in [9.17, 15) is 19.7 Å². The van der Waals surface area contributed by atoms with Gasteiger partial charge in [-0.1, -0.05) is 30.3 Å². The molecule has 2 aromatic carbocycles. The number of rotatable bonds is 5. The molecule has 7 heteroatoms. The quantitative estimate of drug-likeness (QED) is 0.660. The van der Waals surface area contributed by atoms with Gasteiger partial charge < -0.3 is 10.2 Å². The molecule has 0 aliphatic carbocycles. The lowest BCUT2D eigenvalue weighted by molar-refractivity contribution is -0.384. The summed E-state index contributed by atoms with van der Waals surface area (Å²) in [6.45, 7) is 2.30. The van der Waals surface area contributed by atoms with Crippen molar-refractivity contribution in [1.82, 2.24) is 4.90 Å². The number of non-ortho nitro benzene ring substituents is 1. The number of likely N-dealkylation sites (tertiary alicyclic amines) is 1. The summed E-state index contributed by atoms with van der Waals surface area (Å²) in [6, 6.07) is 15.2. The first-order valence-electron chi connectivity index (χ1n) is 8.35. The van der Waals surface area contributed by atoms with Crippen molar-refractivity contribution >= 4 is 23.2 Å². The highest BCUT2D eigenvalue weighted by Gasteiger charge is 2.37. The zero-order valence-electron chi connectivity index (χ0n) is 14.3. The first-order valence-corrected chi connectivity index (χ1v) is 8.35. The minimum atomic E-state index is -0.496. The van der Waals surface area contributed by atoms with Gasteiger partial charge in [0, 0.05) is 30.8 Å². The number of hydrogen-bond acceptors (Lipinski definition) is 4. The number of carbonyl (C=O) groups excluding carboxylic acids is 2. The van der Waals surface area contributed by atoms with E-state index in [1.165, 1.54) is 24.3 Å². The third kappa shape index (κ3) is 3.72. The molecule has 0 radical (unpaired) electrons. The minimum absolute atomic E-state index is 0.0399. The Morgan fingerprint density at radius 2 is 1.85 bits per heavy atom. The van der Waals surface area contributed by atoms with Crippen molar-refractivity contribution in [2.24, 2.45) is 5.92 Å². The minimum Gasteiger partial charge on any atom is -0.335 e. The van der Waals surface area contributed by atoms with Crippen molar-refractivity contribution in [2.75, 3.05) is 11.9 Å². The van der Waals surface area contributed by atoms with Crippen LogP contribution in [0, 0.1) is 16.0 Å². The second-order valence-electron chi connectivity index (χ2n) is 6.33. The van der Waals surface area contributed by atoms with Crippen LogP contribution in [0.15, 0.2) is 54.6 Å². The molecule has 0 aromatic heterocycles. The van der Waals surface area contributed by atoms with Gasteiger partial charge in [0.05, 0.1) is 16.9 Å². The topological polar surface area (TPSA) is 92.6 Å². The van der Waals surface area contributed by atoms with Crippen molar-refractivity contribution < 1.29 is 14.5 Å². The molecule has 2 atom stereocenters. The highest BCUT2D eigenvalue weighted by molar-refractivity contribution is 5.97. The van der Waals surface area contributed by atoms with Crippen LogP contribution in [0.2, 0.25) is 0 Å². The molecule has 1 N–H and O–H groups in total. The Morgan fingerprint density at radius 1 is 1.19 bits per heavy atom. The Hall–Kier alpha value is -3.22. The molecule has 3 rings (SSSR count). The molecule has 1 aliphatic heterocycles. The molecular weight excluding hydrogens is 334 g/mol. The molecular formula is C19H19N3O4. The Balaban J connectivity index is 1.64. The second kappa shape index (κ2) is 7.35. The van der Waals surface area contributed by atoms with Gasteiger partial charge in [-0.05, 0) is 24.6 Å². The Bertz CT molecular complexity index is 820. The average molecular weight is 353 g/mol. The zero-order valence-corrected chi connectivity index (χ0v) is 14.3. The summed E-state index contributed by atoms with van der Waals surface area (Å²) in [5.41, 5.74) is 1.46. The second-order valence-corrected chi connectivity index (χ2v) is 6.33. The zero-order chi connectivity index (χ0) is 18.7. The van der Waals surface area contributed by atoms with Gasteiger partial charge in [0.1, 0.15) is 0 Å². The third-order valence-electron chi connectivity index (χ3n) is 4.62. The SMILES string of the molecule is C[C@H](c1ccccc1)N1C[C@H](C(=O)Nc2ccc([N+](=O)[O-])cc2)CC1=O. The lowest BCUT2D eigenvalue weighted by Crippen LogP contribution is -2.30. The van der Waals surface area contributed by atoms with Crippen LogP contribution in [-0.2, 0) is 9.59 Å². The lowest BCUT2D eigenvalue weighted by Gasteiger charge is -2.25. The normalized spacial score (nSPS) is 17.8. The number of nitrogens with zero attached hydrogens (tertiary/aromatic N) is 2. The van der Waals surface area contributed by atoms with E-state index in [1.807, 2.05) is 37.3 Å². The average Bonchev–Trinajstić information content (AvgIpc) is 3.04. The Kier molecular flexibility index (Phi) is 4.97. The summed E-state index contributed by atoms with van der Waals surface area (Å²) in [5, 5.41) is 13.4. The number of benzene rings is 2. The molecule has 0 unspecified atom stereocenters. The molecule has 0 bridgehead atoms. The molecule has 134 valence electrons. The number of amides is 2. The summed E-state index contributed by atoms with van der Waals surface area (Å²) in [4.78, 5) is 36.7. The molecule has 1 heterocycles. The molecule has 1 aliphatic rings. The van der Waals surface area contributed by atoms with Crippen LogP contribution < -0.4 is 5.32 Å². The highest BCUT2D eigenvalue weighted by Crippen LogP contribution is 2.29. The van der Waals surface area contributed by atoms with E-state index in [0.29, 0.717) is 12.2 Å². The summed E-state index contributed by atoms with van der Waals surface area (Å²) in [5.74, 6) is -0.746. The monoisotopic (exact) mass is 353 g/mol. The number of nitro groups is 1. The van der Waals surface area contributed by atoms with E-state index in [0.717, 1.165) is 5.56 Å². The smallest absolute Gasteiger partial charge is 0.269 e. The fourth-order valence-corrected chi connectivity index (χ4v) is 3.10. The molecule has 7 nitrogen and oxygen atoms in total. The Morgan fingerprint density at radius 3 is 2.46 bits per heavy atom. The Labute approximate surface area is 150 Å². The number of carbonyl (C=O) groups is 2. The number of anilines is 1. The number of hydrogen-bond donors (Lipinski definition) is 1. The van der Waals surface area contributed by atoms with Crippen LogP contribution in [0.4, 0.5) is 11.4 Å². The van der Waals surface area contributed by atoms with E-state index >= 15 is 0 Å². The van der Waals surface area contributed by atoms with Gasteiger partial charge >= 0.3 is 0 Å². The molecule has 0 saturated carbocycles. The summed E-state index contributed by atoms with van der Waals surface area (Å²) in [6.07, 6.45) is 0.163. The summed E-state index contributed by atoms with van der Waals surface area (Å²) in [7, 11) is 0. The van der Waals surface area contributed by atoms with E-state index in [4.69, 9.17) is 0 Å². The van der Waals surface area contributed by atoms with Crippen molar-refractivity contribution in [3.63, 3.8) is 0 Å².